The molecule has 2 N–H and O–H groups in total. The molecule has 2 rings (SSSR count). The summed E-state index contributed by atoms with van der Waals surface area (Å²) in [7, 11) is 0. The maximum Gasteiger partial charge on any atom is 0.233 e. The topological polar surface area (TPSA) is 58.2 Å². The second kappa shape index (κ2) is 5.61. The van der Waals surface area contributed by atoms with Crippen LogP contribution in [-0.2, 0) is 9.59 Å². The lowest BCUT2D eigenvalue weighted by molar-refractivity contribution is -0.123. The molecule has 1 aromatic carbocycles. The van der Waals surface area contributed by atoms with E-state index in [4.69, 9.17) is 11.6 Å². The van der Waals surface area contributed by atoms with Crippen molar-refractivity contribution in [2.45, 2.75) is 32.1 Å². The molecule has 1 aliphatic heterocycles. The van der Waals surface area contributed by atoms with Gasteiger partial charge in [-0.25, -0.2) is 0 Å². The molecule has 0 radical (unpaired) electrons. The van der Waals surface area contributed by atoms with E-state index in [0.717, 1.165) is 12.0 Å². The van der Waals surface area contributed by atoms with Crippen LogP contribution >= 0.6 is 11.6 Å². The van der Waals surface area contributed by atoms with Crippen LogP contribution in [0.25, 0.3) is 0 Å². The molecule has 1 unspecified atom stereocenters. The molecule has 1 heterocycles. The Morgan fingerprint density at radius 3 is 2.42 bits per heavy atom. The zero-order valence-electron chi connectivity index (χ0n) is 11.0. The summed E-state index contributed by atoms with van der Waals surface area (Å²) >= 11 is 6.35. The molecule has 0 fully saturated rings. The van der Waals surface area contributed by atoms with Crippen LogP contribution in [0.4, 0.5) is 11.4 Å². The van der Waals surface area contributed by atoms with Crippen molar-refractivity contribution in [1.82, 2.24) is 0 Å². The molecule has 2 amide bonds. The van der Waals surface area contributed by atoms with E-state index in [0.29, 0.717) is 17.3 Å². The molecule has 0 aromatic heterocycles. The molecule has 1 atom stereocenters. The van der Waals surface area contributed by atoms with E-state index in [1.807, 2.05) is 12.1 Å². The van der Waals surface area contributed by atoms with Crippen molar-refractivity contribution in [3.05, 3.63) is 23.8 Å². The first-order chi connectivity index (χ1) is 8.95. The standard InChI is InChI=1S/C14H17ClN2O2/c1-8(2)5-10(15)9-3-4-11-12(6-9)17-14(19)7-13(18)16-11/h3-4,6,8,10H,5,7H2,1-2H3,(H,16,18)(H,17,19). The van der Waals surface area contributed by atoms with Gasteiger partial charge in [-0.2, -0.15) is 0 Å². The first-order valence-corrected chi connectivity index (χ1v) is 6.77. The highest BCUT2D eigenvalue weighted by molar-refractivity contribution is 6.21. The molecule has 0 saturated carbocycles. The van der Waals surface area contributed by atoms with Crippen molar-refractivity contribution >= 4 is 34.8 Å². The number of hydrogen-bond acceptors (Lipinski definition) is 2. The van der Waals surface area contributed by atoms with Gasteiger partial charge in [0.25, 0.3) is 0 Å². The van der Waals surface area contributed by atoms with E-state index in [1.54, 1.807) is 6.07 Å². The van der Waals surface area contributed by atoms with Gasteiger partial charge >= 0.3 is 0 Å². The van der Waals surface area contributed by atoms with Crippen LogP contribution in [0.2, 0.25) is 0 Å². The second-order valence-corrected chi connectivity index (χ2v) is 5.70. The molecule has 1 aliphatic rings. The molecule has 19 heavy (non-hydrogen) atoms. The van der Waals surface area contributed by atoms with Gasteiger partial charge in [-0.15, -0.1) is 11.6 Å². The Balaban J connectivity index is 2.27. The second-order valence-electron chi connectivity index (χ2n) is 5.18. The molecular weight excluding hydrogens is 264 g/mol. The summed E-state index contributed by atoms with van der Waals surface area (Å²) in [6, 6.07) is 5.50. The third-order valence-corrected chi connectivity index (χ3v) is 3.38. The summed E-state index contributed by atoms with van der Waals surface area (Å²) in [4.78, 5) is 22.9. The van der Waals surface area contributed by atoms with Crippen molar-refractivity contribution in [2.24, 2.45) is 5.92 Å². The Morgan fingerprint density at radius 1 is 1.16 bits per heavy atom. The fraction of sp³-hybridized carbons (Fsp3) is 0.429. The minimum absolute atomic E-state index is 0.0962. The Bertz CT molecular complexity index is 514. The third kappa shape index (κ3) is 3.47. The van der Waals surface area contributed by atoms with Crippen molar-refractivity contribution in [2.75, 3.05) is 10.6 Å². The van der Waals surface area contributed by atoms with Crippen LogP contribution < -0.4 is 10.6 Å². The molecule has 0 bridgehead atoms. The molecular formula is C14H17ClN2O2. The predicted molar refractivity (Wildman–Crippen MR) is 76.4 cm³/mol. The van der Waals surface area contributed by atoms with Crippen molar-refractivity contribution in [1.29, 1.82) is 0 Å². The van der Waals surface area contributed by atoms with Gasteiger partial charge in [0.1, 0.15) is 6.42 Å². The minimum Gasteiger partial charge on any atom is -0.324 e. The summed E-state index contributed by atoms with van der Waals surface area (Å²) in [5, 5.41) is 5.32. The van der Waals surface area contributed by atoms with Crippen molar-refractivity contribution < 1.29 is 9.59 Å². The van der Waals surface area contributed by atoms with Gasteiger partial charge in [-0.3, -0.25) is 9.59 Å². The number of carbonyl (C=O) groups excluding carboxylic acids is 2. The first-order valence-electron chi connectivity index (χ1n) is 6.33. The summed E-state index contributed by atoms with van der Waals surface area (Å²) in [5.41, 5.74) is 2.18. The van der Waals surface area contributed by atoms with Crippen LogP contribution in [-0.4, -0.2) is 11.8 Å². The molecule has 0 spiro atoms. The van der Waals surface area contributed by atoms with E-state index < -0.39 is 0 Å². The Hall–Kier alpha value is -1.55. The van der Waals surface area contributed by atoms with E-state index >= 15 is 0 Å². The highest BCUT2D eigenvalue weighted by Gasteiger charge is 2.19. The predicted octanol–water partition coefficient (Wildman–Crippen LogP) is 3.29. The maximum absolute atomic E-state index is 11.5. The van der Waals surface area contributed by atoms with E-state index in [1.165, 1.54) is 0 Å². The van der Waals surface area contributed by atoms with Gasteiger partial charge in [-0.1, -0.05) is 19.9 Å². The monoisotopic (exact) mass is 280 g/mol. The van der Waals surface area contributed by atoms with Crippen LogP contribution in [0, 0.1) is 5.92 Å². The fourth-order valence-corrected chi connectivity index (χ4v) is 2.55. The average Bonchev–Trinajstić information content (AvgIpc) is 2.43. The van der Waals surface area contributed by atoms with Crippen LogP contribution in [0.1, 0.15) is 37.6 Å². The zero-order valence-corrected chi connectivity index (χ0v) is 11.8. The number of anilines is 2. The fourth-order valence-electron chi connectivity index (χ4n) is 2.05. The van der Waals surface area contributed by atoms with E-state index in [9.17, 15) is 9.59 Å². The SMILES string of the molecule is CC(C)CC(Cl)c1ccc2c(c1)NC(=O)CC(=O)N2. The molecule has 4 nitrogen and oxygen atoms in total. The van der Waals surface area contributed by atoms with Gasteiger partial charge in [0.05, 0.1) is 16.8 Å². The molecule has 1 aromatic rings. The number of benzene rings is 1. The summed E-state index contributed by atoms with van der Waals surface area (Å²) in [6.07, 6.45) is 0.709. The highest BCUT2D eigenvalue weighted by atomic mass is 35.5. The third-order valence-electron chi connectivity index (χ3n) is 2.95. The number of rotatable bonds is 3. The number of hydrogen-bond donors (Lipinski definition) is 2. The van der Waals surface area contributed by atoms with Crippen LogP contribution in [0.5, 0.6) is 0 Å². The number of carbonyl (C=O) groups is 2. The van der Waals surface area contributed by atoms with Gasteiger partial charge in [0.15, 0.2) is 0 Å². The van der Waals surface area contributed by atoms with Gasteiger partial charge < -0.3 is 10.6 Å². The number of alkyl halides is 1. The molecule has 5 heteroatoms. The maximum atomic E-state index is 11.5. The lowest BCUT2D eigenvalue weighted by Crippen LogP contribution is -2.16. The van der Waals surface area contributed by atoms with Gasteiger partial charge in [-0.05, 0) is 30.0 Å². The Morgan fingerprint density at radius 2 is 1.79 bits per heavy atom. The summed E-state index contributed by atoms with van der Waals surface area (Å²) in [5.74, 6) is -0.104. The number of nitrogens with one attached hydrogen (secondary N) is 2. The van der Waals surface area contributed by atoms with Gasteiger partial charge in [0.2, 0.25) is 11.8 Å². The molecule has 0 saturated heterocycles. The Labute approximate surface area is 117 Å². The number of fused-ring (bicyclic) bond motifs is 1. The van der Waals surface area contributed by atoms with Gasteiger partial charge in [0, 0.05) is 0 Å². The number of amides is 2. The first kappa shape index (κ1) is 13.9. The summed E-state index contributed by atoms with van der Waals surface area (Å²) < 4.78 is 0. The van der Waals surface area contributed by atoms with E-state index in [2.05, 4.69) is 24.5 Å². The number of halogens is 1. The average molecular weight is 281 g/mol. The molecule has 0 aliphatic carbocycles. The quantitative estimate of drug-likeness (QED) is 0.659. The van der Waals surface area contributed by atoms with Crippen LogP contribution in [0.3, 0.4) is 0 Å². The normalized spacial score (nSPS) is 16.4. The van der Waals surface area contributed by atoms with E-state index in [-0.39, 0.29) is 23.6 Å². The van der Waals surface area contributed by atoms with Crippen LogP contribution in [0.15, 0.2) is 18.2 Å². The minimum atomic E-state index is -0.302. The summed E-state index contributed by atoms with van der Waals surface area (Å²) in [6.45, 7) is 4.22. The highest BCUT2D eigenvalue weighted by Crippen LogP contribution is 2.33. The smallest absolute Gasteiger partial charge is 0.233 e. The Kier molecular flexibility index (Phi) is 4.10. The lowest BCUT2D eigenvalue weighted by Gasteiger charge is -2.15. The molecule has 102 valence electrons. The lowest BCUT2D eigenvalue weighted by atomic mass is 10.0. The van der Waals surface area contributed by atoms with Crippen molar-refractivity contribution in [3.8, 4) is 0 Å². The largest absolute Gasteiger partial charge is 0.324 e. The van der Waals surface area contributed by atoms with Crippen molar-refractivity contribution in [3.63, 3.8) is 0 Å². The zero-order chi connectivity index (χ0) is 14.0.